The van der Waals surface area contributed by atoms with Gasteiger partial charge >= 0.3 is 0 Å². The van der Waals surface area contributed by atoms with Gasteiger partial charge in [0.15, 0.2) is 12.4 Å². The van der Waals surface area contributed by atoms with Crippen LogP contribution < -0.4 is 4.73 Å². The van der Waals surface area contributed by atoms with Crippen LogP contribution in [0.3, 0.4) is 0 Å². The molecule has 0 aliphatic heterocycles. The van der Waals surface area contributed by atoms with Gasteiger partial charge in [0.2, 0.25) is 0 Å². The zero-order chi connectivity index (χ0) is 10.1. The molecule has 1 aliphatic carbocycles. The summed E-state index contributed by atoms with van der Waals surface area (Å²) >= 11 is 3.33. The zero-order valence-electron chi connectivity index (χ0n) is 7.42. The predicted molar refractivity (Wildman–Crippen MR) is 55.1 cm³/mol. The molecule has 4 heteroatoms. The first kappa shape index (κ1) is 9.44. The van der Waals surface area contributed by atoms with Gasteiger partial charge in [-0.3, -0.25) is 0 Å². The van der Waals surface area contributed by atoms with E-state index in [-0.39, 0.29) is 0 Å². The maximum Gasteiger partial charge on any atom is 0.194 e. The molecule has 0 bridgehead atoms. The summed E-state index contributed by atoms with van der Waals surface area (Å²) < 4.78 is 1.49. The van der Waals surface area contributed by atoms with Gasteiger partial charge in [-0.2, -0.15) is 4.73 Å². The number of rotatable bonds is 0. The summed E-state index contributed by atoms with van der Waals surface area (Å²) in [5.74, 6) is 1.91. The minimum Gasteiger partial charge on any atom is -0.619 e. The Bertz CT molecular complexity index is 436. The molecule has 0 aromatic carbocycles. The van der Waals surface area contributed by atoms with E-state index in [1.165, 1.54) is 12.4 Å². The van der Waals surface area contributed by atoms with Crippen LogP contribution in [-0.4, -0.2) is 5.94 Å². The Hall–Kier alpha value is -1.12. The third kappa shape index (κ3) is 1.47. The van der Waals surface area contributed by atoms with Gasteiger partial charge < -0.3 is 5.21 Å². The second kappa shape index (κ2) is 3.56. The number of halogens is 1. The number of carbonyl (C=O) groups excluding carboxylic acids is 1. The van der Waals surface area contributed by atoms with E-state index in [2.05, 4.69) is 15.9 Å². The van der Waals surface area contributed by atoms with Crippen molar-refractivity contribution in [2.75, 3.05) is 0 Å². The molecule has 1 aromatic rings. The van der Waals surface area contributed by atoms with Crippen molar-refractivity contribution in [2.45, 2.75) is 19.3 Å². The van der Waals surface area contributed by atoms with E-state index in [1.54, 1.807) is 0 Å². The largest absolute Gasteiger partial charge is 0.619 e. The average Bonchev–Trinajstić information content (AvgIpc) is 2.17. The summed E-state index contributed by atoms with van der Waals surface area (Å²) in [5.41, 5.74) is 2.40. The standard InChI is InChI=1S/C10H8BrNO2/c11-10-5-12(14)4-9-7(6-13)2-1-3-8(9)10/h4-5H,1-3H2. The van der Waals surface area contributed by atoms with Gasteiger partial charge in [0, 0.05) is 5.57 Å². The van der Waals surface area contributed by atoms with E-state index in [0.29, 0.717) is 16.7 Å². The fraction of sp³-hybridized carbons (Fsp3) is 0.300. The van der Waals surface area contributed by atoms with Crippen molar-refractivity contribution in [2.24, 2.45) is 0 Å². The van der Waals surface area contributed by atoms with Crippen LogP contribution in [0, 0.1) is 5.21 Å². The number of allylic oxidation sites excluding steroid dienone is 1. The SMILES string of the molecule is O=C=C1CCCc2c(Br)c[n+]([O-])cc21. The summed E-state index contributed by atoms with van der Waals surface area (Å²) in [6, 6.07) is 0. The highest BCUT2D eigenvalue weighted by Gasteiger charge is 2.20. The molecule has 2 rings (SSSR count). The Labute approximate surface area is 89.8 Å². The van der Waals surface area contributed by atoms with Crippen LogP contribution in [0.2, 0.25) is 0 Å². The van der Waals surface area contributed by atoms with Crippen LogP contribution >= 0.6 is 15.9 Å². The first-order valence-corrected chi connectivity index (χ1v) is 5.17. The second-order valence-electron chi connectivity index (χ2n) is 3.29. The van der Waals surface area contributed by atoms with E-state index in [9.17, 15) is 10.0 Å². The molecule has 0 N–H and O–H groups in total. The number of nitrogens with zero attached hydrogens (tertiary/aromatic N) is 1. The van der Waals surface area contributed by atoms with Crippen LogP contribution in [0.15, 0.2) is 16.9 Å². The Balaban J connectivity index is 2.68. The predicted octanol–water partition coefficient (Wildman–Crippen LogP) is 1.63. The number of pyridine rings is 1. The molecule has 3 nitrogen and oxygen atoms in total. The number of hydrogen-bond acceptors (Lipinski definition) is 2. The zero-order valence-corrected chi connectivity index (χ0v) is 9.00. The van der Waals surface area contributed by atoms with Crippen molar-refractivity contribution < 1.29 is 9.52 Å². The number of fused-ring (bicyclic) bond motifs is 1. The number of aromatic nitrogens is 1. The normalized spacial score (nSPS) is 14.8. The molecule has 0 radical (unpaired) electrons. The van der Waals surface area contributed by atoms with Gasteiger partial charge in [0.25, 0.3) is 0 Å². The molecule has 0 amide bonds. The van der Waals surface area contributed by atoms with Crippen LogP contribution in [0.1, 0.15) is 24.0 Å². The minimum atomic E-state index is 0.608. The van der Waals surface area contributed by atoms with Gasteiger partial charge in [-0.1, -0.05) is 0 Å². The smallest absolute Gasteiger partial charge is 0.194 e. The first-order valence-electron chi connectivity index (χ1n) is 4.38. The lowest BCUT2D eigenvalue weighted by molar-refractivity contribution is -0.606. The molecule has 0 unspecified atom stereocenters. The van der Waals surface area contributed by atoms with Crippen molar-refractivity contribution in [3.05, 3.63) is 33.2 Å². The fourth-order valence-corrected chi connectivity index (χ4v) is 2.37. The highest BCUT2D eigenvalue weighted by molar-refractivity contribution is 9.10. The van der Waals surface area contributed by atoms with Crippen molar-refractivity contribution in [3.63, 3.8) is 0 Å². The van der Waals surface area contributed by atoms with Gasteiger partial charge in [-0.15, -0.1) is 0 Å². The summed E-state index contributed by atoms with van der Waals surface area (Å²) in [6.07, 6.45) is 5.47. The molecule has 0 spiro atoms. The molecule has 0 saturated carbocycles. The molecule has 1 aliphatic rings. The summed E-state index contributed by atoms with van der Waals surface area (Å²) in [4.78, 5) is 10.7. The highest BCUT2D eigenvalue weighted by Crippen LogP contribution is 2.31. The molecule has 1 heterocycles. The molecule has 1 aromatic heterocycles. The molecule has 14 heavy (non-hydrogen) atoms. The Morgan fingerprint density at radius 1 is 1.43 bits per heavy atom. The third-order valence-electron chi connectivity index (χ3n) is 2.41. The molecule has 0 atom stereocenters. The Kier molecular flexibility index (Phi) is 2.40. The van der Waals surface area contributed by atoms with E-state index in [0.717, 1.165) is 28.4 Å². The maximum atomic E-state index is 11.2. The van der Waals surface area contributed by atoms with Crippen molar-refractivity contribution in [1.29, 1.82) is 0 Å². The minimum absolute atomic E-state index is 0.608. The number of hydrogen-bond donors (Lipinski definition) is 0. The van der Waals surface area contributed by atoms with Gasteiger partial charge in [0.05, 0.1) is 10.0 Å². The van der Waals surface area contributed by atoms with Crippen molar-refractivity contribution in [1.82, 2.24) is 0 Å². The van der Waals surface area contributed by atoms with Crippen LogP contribution in [-0.2, 0) is 11.2 Å². The summed E-state index contributed by atoms with van der Waals surface area (Å²) in [6.45, 7) is 0. The van der Waals surface area contributed by atoms with E-state index in [4.69, 9.17) is 0 Å². The van der Waals surface area contributed by atoms with Gasteiger partial charge in [0.1, 0.15) is 5.94 Å². The third-order valence-corrected chi connectivity index (χ3v) is 3.10. The first-order chi connectivity index (χ1) is 6.72. The molecule has 0 saturated heterocycles. The Morgan fingerprint density at radius 3 is 2.93 bits per heavy atom. The van der Waals surface area contributed by atoms with Crippen molar-refractivity contribution >= 4 is 27.4 Å². The molecule has 0 fully saturated rings. The molecular formula is C10H8BrNO2. The maximum absolute atomic E-state index is 11.2. The van der Waals surface area contributed by atoms with E-state index < -0.39 is 0 Å². The quantitative estimate of drug-likeness (QED) is 0.401. The van der Waals surface area contributed by atoms with Crippen molar-refractivity contribution in [3.8, 4) is 0 Å². The van der Waals surface area contributed by atoms with Gasteiger partial charge in [-0.05, 0) is 40.8 Å². The summed E-state index contributed by atoms with van der Waals surface area (Å²) in [5, 5.41) is 11.2. The topological polar surface area (TPSA) is 44.0 Å². The lowest BCUT2D eigenvalue weighted by atomic mass is 9.90. The van der Waals surface area contributed by atoms with Gasteiger partial charge in [-0.25, -0.2) is 4.79 Å². The lowest BCUT2D eigenvalue weighted by Gasteiger charge is -2.16. The molecular weight excluding hydrogens is 246 g/mol. The summed E-state index contributed by atoms with van der Waals surface area (Å²) in [7, 11) is 0. The highest BCUT2D eigenvalue weighted by atomic mass is 79.9. The Morgan fingerprint density at radius 2 is 2.21 bits per heavy atom. The van der Waals surface area contributed by atoms with Crippen LogP contribution in [0.4, 0.5) is 0 Å². The van der Waals surface area contributed by atoms with Crippen LogP contribution in [0.5, 0.6) is 0 Å². The average molecular weight is 254 g/mol. The second-order valence-corrected chi connectivity index (χ2v) is 4.15. The fourth-order valence-electron chi connectivity index (χ4n) is 1.76. The van der Waals surface area contributed by atoms with E-state index >= 15 is 0 Å². The monoisotopic (exact) mass is 253 g/mol. The van der Waals surface area contributed by atoms with E-state index in [1.807, 2.05) is 5.94 Å². The van der Waals surface area contributed by atoms with Crippen LogP contribution in [0.25, 0.3) is 5.57 Å². The lowest BCUT2D eigenvalue weighted by Crippen LogP contribution is -2.27. The molecule has 72 valence electrons.